The summed E-state index contributed by atoms with van der Waals surface area (Å²) in [5, 5.41) is 17.7. The zero-order chi connectivity index (χ0) is 10.6. The fourth-order valence-electron chi connectivity index (χ4n) is 1.19. The molecule has 0 heterocycles. The molecule has 0 atom stereocenters. The van der Waals surface area contributed by atoms with E-state index in [1.807, 2.05) is 6.92 Å². The lowest BCUT2D eigenvalue weighted by Crippen LogP contribution is -2.03. The Morgan fingerprint density at radius 1 is 1.50 bits per heavy atom. The summed E-state index contributed by atoms with van der Waals surface area (Å²) in [6.07, 6.45) is 0.392. The fraction of sp³-hybridized carbons (Fsp3) is 0.300. The molecule has 4 heteroatoms. The molecule has 0 aliphatic heterocycles. The van der Waals surface area contributed by atoms with E-state index in [1.165, 1.54) is 12.1 Å². The van der Waals surface area contributed by atoms with Gasteiger partial charge in [0.05, 0.1) is 0 Å². The number of carbonyl (C=O) groups is 1. The van der Waals surface area contributed by atoms with Crippen LogP contribution in [-0.2, 0) is 6.42 Å². The molecule has 0 fully saturated rings. The van der Waals surface area contributed by atoms with Crippen molar-refractivity contribution in [3.63, 3.8) is 0 Å². The minimum Gasteiger partial charge on any atom is -0.504 e. The molecule has 0 saturated carbocycles. The number of aryl methyl sites for hydroxylation is 1. The molecule has 76 valence electrons. The Morgan fingerprint density at radius 3 is 2.71 bits per heavy atom. The Balaban J connectivity index is 2.84. The van der Waals surface area contributed by atoms with Crippen molar-refractivity contribution in [3.8, 4) is 11.5 Å². The monoisotopic (exact) mass is 196 g/mol. The van der Waals surface area contributed by atoms with Gasteiger partial charge in [-0.05, 0) is 24.1 Å². The zero-order valence-corrected chi connectivity index (χ0v) is 7.86. The van der Waals surface area contributed by atoms with Crippen molar-refractivity contribution in [3.05, 3.63) is 23.8 Å². The first-order valence-corrected chi connectivity index (χ1v) is 4.36. The molecule has 14 heavy (non-hydrogen) atoms. The van der Waals surface area contributed by atoms with Crippen molar-refractivity contribution >= 4 is 6.16 Å². The smallest absolute Gasteiger partial charge is 0.504 e. The number of hydrogen-bond acceptors (Lipinski definition) is 3. The molecule has 0 radical (unpaired) electrons. The summed E-state index contributed by atoms with van der Waals surface area (Å²) in [5.74, 6) is -0.171. The molecule has 1 rings (SSSR count). The van der Waals surface area contributed by atoms with Gasteiger partial charge in [-0.2, -0.15) is 0 Å². The van der Waals surface area contributed by atoms with Crippen LogP contribution >= 0.6 is 0 Å². The predicted octanol–water partition coefficient (Wildman–Crippen LogP) is 2.40. The molecule has 1 aromatic rings. The molecular formula is C10H12O4. The molecule has 0 saturated heterocycles. The predicted molar refractivity (Wildman–Crippen MR) is 50.8 cm³/mol. The minimum absolute atomic E-state index is 0.0302. The average molecular weight is 196 g/mol. The highest BCUT2D eigenvalue weighted by Gasteiger charge is 2.07. The van der Waals surface area contributed by atoms with Crippen LogP contribution < -0.4 is 4.74 Å². The van der Waals surface area contributed by atoms with E-state index in [4.69, 9.17) is 5.11 Å². The standard InChI is InChI=1S/C10H12O4/c1-2-3-7-4-5-9(8(11)6-7)14-10(12)13/h4-6,11H,2-3H2,1H3,(H,12,13). The number of rotatable bonds is 3. The lowest BCUT2D eigenvalue weighted by molar-refractivity contribution is 0.143. The van der Waals surface area contributed by atoms with E-state index < -0.39 is 6.16 Å². The number of phenolic OH excluding ortho intramolecular Hbond substituents is 1. The highest BCUT2D eigenvalue weighted by Crippen LogP contribution is 2.27. The molecule has 0 spiro atoms. The van der Waals surface area contributed by atoms with Gasteiger partial charge in [0.2, 0.25) is 0 Å². The van der Waals surface area contributed by atoms with E-state index in [1.54, 1.807) is 6.07 Å². The van der Waals surface area contributed by atoms with Crippen LogP contribution in [0, 0.1) is 0 Å². The van der Waals surface area contributed by atoms with E-state index in [9.17, 15) is 9.90 Å². The molecular weight excluding hydrogens is 184 g/mol. The van der Waals surface area contributed by atoms with Gasteiger partial charge in [-0.3, -0.25) is 0 Å². The van der Waals surface area contributed by atoms with Gasteiger partial charge < -0.3 is 14.9 Å². The van der Waals surface area contributed by atoms with Crippen LogP contribution in [-0.4, -0.2) is 16.4 Å². The van der Waals surface area contributed by atoms with Gasteiger partial charge in [0.1, 0.15) is 0 Å². The van der Waals surface area contributed by atoms with E-state index in [-0.39, 0.29) is 11.5 Å². The Morgan fingerprint density at radius 2 is 2.21 bits per heavy atom. The maximum atomic E-state index is 10.2. The van der Waals surface area contributed by atoms with Crippen molar-refractivity contribution in [2.24, 2.45) is 0 Å². The quantitative estimate of drug-likeness (QED) is 0.575. The molecule has 0 amide bonds. The third-order valence-electron chi connectivity index (χ3n) is 1.76. The Hall–Kier alpha value is -1.71. The van der Waals surface area contributed by atoms with Crippen LogP contribution in [0.15, 0.2) is 18.2 Å². The topological polar surface area (TPSA) is 66.8 Å². The van der Waals surface area contributed by atoms with Gasteiger partial charge in [-0.15, -0.1) is 0 Å². The number of aromatic hydroxyl groups is 1. The van der Waals surface area contributed by atoms with Crippen LogP contribution in [0.25, 0.3) is 0 Å². The minimum atomic E-state index is -1.43. The lowest BCUT2D eigenvalue weighted by Gasteiger charge is -2.04. The van der Waals surface area contributed by atoms with E-state index in [0.29, 0.717) is 0 Å². The third-order valence-corrected chi connectivity index (χ3v) is 1.76. The van der Waals surface area contributed by atoms with E-state index in [2.05, 4.69) is 4.74 Å². The third kappa shape index (κ3) is 2.65. The Labute approximate surface area is 81.8 Å². The molecule has 4 nitrogen and oxygen atoms in total. The molecule has 2 N–H and O–H groups in total. The summed E-state index contributed by atoms with van der Waals surface area (Å²) in [6, 6.07) is 4.71. The van der Waals surface area contributed by atoms with Gasteiger partial charge in [0, 0.05) is 0 Å². The van der Waals surface area contributed by atoms with Crippen molar-refractivity contribution in [1.29, 1.82) is 0 Å². The number of benzene rings is 1. The second-order valence-electron chi connectivity index (χ2n) is 2.92. The first-order valence-electron chi connectivity index (χ1n) is 4.36. The van der Waals surface area contributed by atoms with Crippen LogP contribution in [0.3, 0.4) is 0 Å². The zero-order valence-electron chi connectivity index (χ0n) is 7.86. The molecule has 0 bridgehead atoms. The first-order chi connectivity index (χ1) is 6.63. The average Bonchev–Trinajstić information content (AvgIpc) is 2.10. The van der Waals surface area contributed by atoms with Gasteiger partial charge in [0.15, 0.2) is 11.5 Å². The SMILES string of the molecule is CCCc1ccc(OC(=O)O)c(O)c1. The number of hydrogen-bond donors (Lipinski definition) is 2. The van der Waals surface area contributed by atoms with Gasteiger partial charge in [0.25, 0.3) is 0 Å². The summed E-state index contributed by atoms with van der Waals surface area (Å²) in [7, 11) is 0. The summed E-state index contributed by atoms with van der Waals surface area (Å²) in [5.41, 5.74) is 0.961. The van der Waals surface area contributed by atoms with Crippen LogP contribution in [0.4, 0.5) is 4.79 Å². The fourth-order valence-corrected chi connectivity index (χ4v) is 1.19. The number of ether oxygens (including phenoxy) is 1. The molecule has 0 aliphatic rings. The summed E-state index contributed by atoms with van der Waals surface area (Å²) >= 11 is 0. The number of carboxylic acid groups (broad SMARTS) is 1. The highest BCUT2D eigenvalue weighted by molar-refractivity contribution is 5.63. The summed E-state index contributed by atoms with van der Waals surface area (Å²) < 4.78 is 4.34. The molecule has 0 aromatic heterocycles. The van der Waals surface area contributed by atoms with E-state index >= 15 is 0 Å². The van der Waals surface area contributed by atoms with Gasteiger partial charge >= 0.3 is 6.16 Å². The van der Waals surface area contributed by atoms with Gasteiger partial charge in [-0.25, -0.2) is 4.79 Å². The normalized spacial score (nSPS) is 9.79. The maximum Gasteiger partial charge on any atom is 0.511 e. The number of phenols is 1. The first kappa shape index (κ1) is 10.4. The largest absolute Gasteiger partial charge is 0.511 e. The van der Waals surface area contributed by atoms with Gasteiger partial charge in [-0.1, -0.05) is 19.4 Å². The Kier molecular flexibility index (Phi) is 3.34. The molecule has 0 unspecified atom stereocenters. The van der Waals surface area contributed by atoms with Crippen molar-refractivity contribution in [2.75, 3.05) is 0 Å². The summed E-state index contributed by atoms with van der Waals surface area (Å²) in [6.45, 7) is 2.03. The van der Waals surface area contributed by atoms with Crippen LogP contribution in [0.2, 0.25) is 0 Å². The Bertz CT molecular complexity index is 333. The second kappa shape index (κ2) is 4.50. The van der Waals surface area contributed by atoms with Crippen molar-refractivity contribution in [1.82, 2.24) is 0 Å². The van der Waals surface area contributed by atoms with E-state index in [0.717, 1.165) is 18.4 Å². The lowest BCUT2D eigenvalue weighted by atomic mass is 10.1. The summed E-state index contributed by atoms with van der Waals surface area (Å²) in [4.78, 5) is 10.2. The molecule has 1 aromatic carbocycles. The second-order valence-corrected chi connectivity index (χ2v) is 2.92. The van der Waals surface area contributed by atoms with Crippen molar-refractivity contribution in [2.45, 2.75) is 19.8 Å². The maximum absolute atomic E-state index is 10.2. The van der Waals surface area contributed by atoms with Crippen LogP contribution in [0.5, 0.6) is 11.5 Å². The highest BCUT2D eigenvalue weighted by atomic mass is 16.7. The van der Waals surface area contributed by atoms with Crippen molar-refractivity contribution < 1.29 is 19.7 Å². The van der Waals surface area contributed by atoms with Crippen LogP contribution in [0.1, 0.15) is 18.9 Å². The molecule has 0 aliphatic carbocycles.